The number of nitrogens with zero attached hydrogens (tertiary/aromatic N) is 4. The number of rotatable bonds is 3. The van der Waals surface area contributed by atoms with E-state index in [1.807, 2.05) is 18.3 Å². The van der Waals surface area contributed by atoms with Crippen LogP contribution in [0.15, 0.2) is 0 Å². The van der Waals surface area contributed by atoms with Gasteiger partial charge in [0.15, 0.2) is 0 Å². The molecule has 0 N–H and O–H groups in total. The van der Waals surface area contributed by atoms with Gasteiger partial charge in [-0.05, 0) is 51.0 Å². The minimum atomic E-state index is -3.14. The van der Waals surface area contributed by atoms with Gasteiger partial charge in [-0.3, -0.25) is 0 Å². The predicted octanol–water partition coefficient (Wildman–Crippen LogP) is 2.74. The van der Waals surface area contributed by atoms with Gasteiger partial charge in [0.2, 0.25) is 10.0 Å². The first-order chi connectivity index (χ1) is 12.3. The maximum atomic E-state index is 11.8. The first-order valence-electron chi connectivity index (χ1n) is 9.31. The zero-order valence-corrected chi connectivity index (χ0v) is 17.3. The second-order valence-corrected chi connectivity index (χ2v) is 10.6. The molecule has 1 fully saturated rings. The standard InChI is InChI=1S/C18H26N4O2S2/c1-12-19-17(16-14-6-4-5-7-15(14)25-18(16)20-12)22-10-8-13(9-11-22)21(2)26(3,23)24/h13H,4-11H2,1-3H3. The van der Waals surface area contributed by atoms with Crippen LogP contribution in [0.3, 0.4) is 0 Å². The Morgan fingerprint density at radius 3 is 2.54 bits per heavy atom. The summed E-state index contributed by atoms with van der Waals surface area (Å²) in [6, 6.07) is 0.0797. The van der Waals surface area contributed by atoms with E-state index in [1.165, 1.54) is 39.2 Å². The van der Waals surface area contributed by atoms with E-state index in [2.05, 4.69) is 4.90 Å². The lowest BCUT2D eigenvalue weighted by Gasteiger charge is -2.36. The molecule has 0 bridgehead atoms. The smallest absolute Gasteiger partial charge is 0.211 e. The molecule has 0 atom stereocenters. The SMILES string of the molecule is Cc1nc(N2CCC(N(C)S(C)(=O)=O)CC2)c2c3c(sc2n1)CCCC3. The van der Waals surface area contributed by atoms with Gasteiger partial charge >= 0.3 is 0 Å². The molecule has 2 aliphatic rings. The van der Waals surface area contributed by atoms with Crippen molar-refractivity contribution in [3.8, 4) is 0 Å². The number of hydrogen-bond donors (Lipinski definition) is 0. The Kier molecular flexibility index (Phi) is 4.69. The van der Waals surface area contributed by atoms with E-state index in [4.69, 9.17) is 9.97 Å². The van der Waals surface area contributed by atoms with Gasteiger partial charge in [0.25, 0.3) is 0 Å². The molecule has 0 radical (unpaired) electrons. The van der Waals surface area contributed by atoms with E-state index in [0.717, 1.165) is 55.2 Å². The molecule has 0 unspecified atom stereocenters. The van der Waals surface area contributed by atoms with Crippen molar-refractivity contribution < 1.29 is 8.42 Å². The van der Waals surface area contributed by atoms with E-state index < -0.39 is 10.0 Å². The van der Waals surface area contributed by atoms with E-state index in [1.54, 1.807) is 7.05 Å². The molecule has 1 saturated heterocycles. The Hall–Kier alpha value is -1.25. The van der Waals surface area contributed by atoms with Crippen LogP contribution in [0, 0.1) is 6.92 Å². The Morgan fingerprint density at radius 2 is 1.85 bits per heavy atom. The molecule has 2 aromatic rings. The van der Waals surface area contributed by atoms with Gasteiger partial charge in [0, 0.05) is 31.1 Å². The highest BCUT2D eigenvalue weighted by molar-refractivity contribution is 7.88. The molecule has 3 heterocycles. The van der Waals surface area contributed by atoms with Crippen molar-refractivity contribution in [1.29, 1.82) is 0 Å². The lowest BCUT2D eigenvalue weighted by atomic mass is 9.96. The molecule has 0 aromatic carbocycles. The number of piperidine rings is 1. The van der Waals surface area contributed by atoms with Gasteiger partial charge in [-0.2, -0.15) is 0 Å². The minimum absolute atomic E-state index is 0.0797. The predicted molar refractivity (Wildman–Crippen MR) is 107 cm³/mol. The summed E-state index contributed by atoms with van der Waals surface area (Å²) in [6.45, 7) is 3.63. The molecule has 4 rings (SSSR count). The quantitative estimate of drug-likeness (QED) is 0.801. The summed E-state index contributed by atoms with van der Waals surface area (Å²) in [5.41, 5.74) is 1.46. The number of fused-ring (bicyclic) bond motifs is 3. The van der Waals surface area contributed by atoms with Gasteiger partial charge in [0.1, 0.15) is 16.5 Å². The number of thiophene rings is 1. The number of aryl methyl sites for hydroxylation is 3. The highest BCUT2D eigenvalue weighted by Gasteiger charge is 2.30. The molecule has 2 aromatic heterocycles. The number of sulfonamides is 1. The summed E-state index contributed by atoms with van der Waals surface area (Å²) >= 11 is 1.84. The van der Waals surface area contributed by atoms with Crippen LogP contribution in [0.2, 0.25) is 0 Å². The van der Waals surface area contributed by atoms with Crippen molar-refractivity contribution in [2.24, 2.45) is 0 Å². The molecular formula is C18H26N4O2S2. The van der Waals surface area contributed by atoms with Gasteiger partial charge in [-0.15, -0.1) is 11.3 Å². The summed E-state index contributed by atoms with van der Waals surface area (Å²) < 4.78 is 25.2. The highest BCUT2D eigenvalue weighted by Crippen LogP contribution is 2.40. The third kappa shape index (κ3) is 3.23. The summed E-state index contributed by atoms with van der Waals surface area (Å²) in [5.74, 6) is 1.88. The second-order valence-electron chi connectivity index (χ2n) is 7.48. The highest BCUT2D eigenvalue weighted by atomic mass is 32.2. The zero-order chi connectivity index (χ0) is 18.5. The molecule has 6 nitrogen and oxygen atoms in total. The first-order valence-corrected chi connectivity index (χ1v) is 12.0. The first kappa shape index (κ1) is 18.1. The van der Waals surface area contributed by atoms with Gasteiger partial charge in [-0.25, -0.2) is 22.7 Å². The second kappa shape index (κ2) is 6.73. The van der Waals surface area contributed by atoms with Crippen molar-refractivity contribution >= 4 is 37.4 Å². The Morgan fingerprint density at radius 1 is 1.15 bits per heavy atom. The van der Waals surface area contributed by atoms with Crippen LogP contribution in [0.1, 0.15) is 41.9 Å². The van der Waals surface area contributed by atoms with E-state index >= 15 is 0 Å². The normalized spacial score (nSPS) is 19.3. The van der Waals surface area contributed by atoms with Crippen molar-refractivity contribution in [3.63, 3.8) is 0 Å². The summed E-state index contributed by atoms with van der Waals surface area (Å²) in [4.78, 5) is 14.5. The fourth-order valence-corrected chi connectivity index (χ4v) is 6.24. The molecule has 0 saturated carbocycles. The van der Waals surface area contributed by atoms with Crippen LogP contribution in [0.5, 0.6) is 0 Å². The largest absolute Gasteiger partial charge is 0.356 e. The van der Waals surface area contributed by atoms with Crippen molar-refractivity contribution in [3.05, 3.63) is 16.3 Å². The van der Waals surface area contributed by atoms with E-state index in [9.17, 15) is 8.42 Å². The fraction of sp³-hybridized carbons (Fsp3) is 0.667. The van der Waals surface area contributed by atoms with Crippen molar-refractivity contribution in [1.82, 2.24) is 14.3 Å². The average molecular weight is 395 g/mol. The summed E-state index contributed by atoms with van der Waals surface area (Å²) in [6.07, 6.45) is 7.76. The Balaban J connectivity index is 1.65. The zero-order valence-electron chi connectivity index (χ0n) is 15.7. The number of aromatic nitrogens is 2. The van der Waals surface area contributed by atoms with Crippen LogP contribution in [-0.2, 0) is 22.9 Å². The molecule has 0 spiro atoms. The third-order valence-corrected chi connectivity index (χ3v) is 8.24. The molecular weight excluding hydrogens is 368 g/mol. The number of anilines is 1. The summed E-state index contributed by atoms with van der Waals surface area (Å²) in [5, 5.41) is 1.25. The Bertz CT molecular complexity index is 930. The van der Waals surface area contributed by atoms with Crippen LogP contribution in [-0.4, -0.2) is 55.1 Å². The molecule has 1 aliphatic carbocycles. The van der Waals surface area contributed by atoms with Crippen molar-refractivity contribution in [2.75, 3.05) is 31.3 Å². The van der Waals surface area contributed by atoms with Crippen LogP contribution >= 0.6 is 11.3 Å². The number of hydrogen-bond acceptors (Lipinski definition) is 6. The van der Waals surface area contributed by atoms with Crippen molar-refractivity contribution in [2.45, 2.75) is 51.5 Å². The maximum Gasteiger partial charge on any atom is 0.211 e. The van der Waals surface area contributed by atoms with E-state index in [0.29, 0.717) is 0 Å². The van der Waals surface area contributed by atoms with E-state index in [-0.39, 0.29) is 6.04 Å². The van der Waals surface area contributed by atoms with Crippen LogP contribution < -0.4 is 4.90 Å². The molecule has 1 aliphatic heterocycles. The fourth-order valence-electron chi connectivity index (χ4n) is 4.18. The monoisotopic (exact) mass is 394 g/mol. The minimum Gasteiger partial charge on any atom is -0.356 e. The van der Waals surface area contributed by atoms with Crippen LogP contribution in [0.25, 0.3) is 10.2 Å². The van der Waals surface area contributed by atoms with Gasteiger partial charge in [0.05, 0.1) is 11.6 Å². The Labute approximate surface area is 159 Å². The molecule has 142 valence electrons. The molecule has 0 amide bonds. The molecule has 8 heteroatoms. The summed E-state index contributed by atoms with van der Waals surface area (Å²) in [7, 11) is -1.45. The molecule has 26 heavy (non-hydrogen) atoms. The van der Waals surface area contributed by atoms with Gasteiger partial charge in [-0.1, -0.05) is 0 Å². The topological polar surface area (TPSA) is 66.4 Å². The maximum absolute atomic E-state index is 11.8. The van der Waals surface area contributed by atoms with Crippen LogP contribution in [0.4, 0.5) is 5.82 Å². The van der Waals surface area contributed by atoms with Gasteiger partial charge < -0.3 is 4.90 Å². The lowest BCUT2D eigenvalue weighted by Crippen LogP contribution is -2.45. The lowest BCUT2D eigenvalue weighted by molar-refractivity contribution is 0.313. The average Bonchev–Trinajstić information content (AvgIpc) is 2.97. The third-order valence-electron chi connectivity index (χ3n) is 5.71.